The molecule has 0 aliphatic heterocycles. The maximum atomic E-state index is 12.1. The van der Waals surface area contributed by atoms with Gasteiger partial charge >= 0.3 is 0 Å². The van der Waals surface area contributed by atoms with Crippen LogP contribution in [0.5, 0.6) is 0 Å². The molecular weight excluding hydrogens is 312 g/mol. The molecule has 0 aliphatic carbocycles. The zero-order chi connectivity index (χ0) is 16.2. The van der Waals surface area contributed by atoms with Gasteiger partial charge in [-0.2, -0.15) is 0 Å². The lowest BCUT2D eigenvalue weighted by Gasteiger charge is -2.07. The van der Waals surface area contributed by atoms with Crippen LogP contribution in [-0.4, -0.2) is 26.3 Å². The second-order valence-electron chi connectivity index (χ2n) is 5.05. The van der Waals surface area contributed by atoms with Crippen LogP contribution in [0.1, 0.15) is 12.6 Å². The molecule has 0 spiro atoms. The predicted molar refractivity (Wildman–Crippen MR) is 89.2 cm³/mol. The van der Waals surface area contributed by atoms with Crippen LogP contribution in [0.15, 0.2) is 52.3 Å². The number of carbonyl (C=O) groups excluding carboxylic acids is 1. The van der Waals surface area contributed by atoms with Crippen molar-refractivity contribution in [2.24, 2.45) is 0 Å². The van der Waals surface area contributed by atoms with Gasteiger partial charge in [0.2, 0.25) is 11.8 Å². The van der Waals surface area contributed by atoms with E-state index in [2.05, 4.69) is 20.4 Å². The Morgan fingerprint density at radius 1 is 1.35 bits per heavy atom. The Kier molecular flexibility index (Phi) is 4.47. The molecular formula is C16H16N4O2S. The van der Waals surface area contributed by atoms with Crippen LogP contribution in [0.2, 0.25) is 0 Å². The summed E-state index contributed by atoms with van der Waals surface area (Å²) in [4.78, 5) is 19.7. The molecule has 1 unspecified atom stereocenters. The molecule has 0 radical (unpaired) electrons. The van der Waals surface area contributed by atoms with Crippen LogP contribution in [0.3, 0.4) is 0 Å². The second kappa shape index (κ2) is 6.70. The average Bonchev–Trinajstić information content (AvgIpc) is 3.17. The van der Waals surface area contributed by atoms with E-state index in [0.717, 1.165) is 17.0 Å². The summed E-state index contributed by atoms with van der Waals surface area (Å²) in [6.07, 6.45) is 1.77. The number of amides is 1. The number of nitrogens with one attached hydrogen (secondary N) is 2. The van der Waals surface area contributed by atoms with Crippen LogP contribution in [0.4, 0.5) is 5.88 Å². The lowest BCUT2D eigenvalue weighted by molar-refractivity contribution is -0.115. The normalized spacial score (nSPS) is 12.1. The molecule has 3 rings (SSSR count). The van der Waals surface area contributed by atoms with Gasteiger partial charge in [0.25, 0.3) is 0 Å². The van der Waals surface area contributed by atoms with Crippen LogP contribution in [0, 0.1) is 6.92 Å². The van der Waals surface area contributed by atoms with E-state index in [1.54, 1.807) is 19.2 Å². The van der Waals surface area contributed by atoms with Crippen LogP contribution in [-0.2, 0) is 4.79 Å². The molecule has 2 N–H and O–H groups in total. The Balaban J connectivity index is 1.62. The summed E-state index contributed by atoms with van der Waals surface area (Å²) in [7, 11) is 0. The molecule has 3 aromatic rings. The number of anilines is 1. The van der Waals surface area contributed by atoms with Crippen molar-refractivity contribution in [3.05, 3.63) is 48.3 Å². The van der Waals surface area contributed by atoms with Gasteiger partial charge in [0.05, 0.1) is 22.8 Å². The van der Waals surface area contributed by atoms with E-state index in [9.17, 15) is 4.79 Å². The fraction of sp³-hybridized carbons (Fsp3) is 0.188. The standard InChI is InChI=1S/C16H16N4O2S/c1-10-8-14(22-20-10)19-15(21)11(2)23-16-17-9-13(18-16)12-6-4-3-5-7-12/h3-9,11H,1-2H3,(H,17,18)(H,19,21). The first kappa shape index (κ1) is 15.4. The van der Waals surface area contributed by atoms with Gasteiger partial charge in [-0.25, -0.2) is 4.98 Å². The van der Waals surface area contributed by atoms with Crippen molar-refractivity contribution in [1.82, 2.24) is 15.1 Å². The maximum absolute atomic E-state index is 12.1. The molecule has 2 aromatic heterocycles. The Hall–Kier alpha value is -2.54. The van der Waals surface area contributed by atoms with E-state index in [-0.39, 0.29) is 11.2 Å². The molecule has 1 amide bonds. The van der Waals surface area contributed by atoms with Gasteiger partial charge in [-0.05, 0) is 19.4 Å². The van der Waals surface area contributed by atoms with Crippen molar-refractivity contribution >= 4 is 23.6 Å². The highest BCUT2D eigenvalue weighted by molar-refractivity contribution is 8.00. The predicted octanol–water partition coefficient (Wildman–Crippen LogP) is 3.49. The maximum Gasteiger partial charge on any atom is 0.240 e. The molecule has 7 heteroatoms. The van der Waals surface area contributed by atoms with E-state index in [0.29, 0.717) is 11.0 Å². The number of carbonyl (C=O) groups is 1. The number of aryl methyl sites for hydroxylation is 1. The zero-order valence-corrected chi connectivity index (χ0v) is 13.6. The number of hydrogen-bond donors (Lipinski definition) is 2. The van der Waals surface area contributed by atoms with Crippen molar-refractivity contribution in [3.63, 3.8) is 0 Å². The van der Waals surface area contributed by atoms with E-state index in [1.807, 2.05) is 37.3 Å². The summed E-state index contributed by atoms with van der Waals surface area (Å²) in [5.74, 6) is 0.188. The highest BCUT2D eigenvalue weighted by atomic mass is 32.2. The minimum atomic E-state index is -0.324. The number of aromatic nitrogens is 3. The molecule has 23 heavy (non-hydrogen) atoms. The Morgan fingerprint density at radius 2 is 2.13 bits per heavy atom. The van der Waals surface area contributed by atoms with E-state index in [1.165, 1.54) is 11.8 Å². The highest BCUT2D eigenvalue weighted by Gasteiger charge is 2.18. The second-order valence-corrected chi connectivity index (χ2v) is 6.38. The molecule has 1 atom stereocenters. The van der Waals surface area contributed by atoms with E-state index < -0.39 is 0 Å². The minimum absolute atomic E-state index is 0.163. The number of hydrogen-bond acceptors (Lipinski definition) is 5. The number of nitrogens with zero attached hydrogens (tertiary/aromatic N) is 2. The quantitative estimate of drug-likeness (QED) is 0.700. The summed E-state index contributed by atoms with van der Waals surface area (Å²) in [6, 6.07) is 11.6. The smallest absolute Gasteiger partial charge is 0.240 e. The first-order valence-electron chi connectivity index (χ1n) is 7.13. The van der Waals surface area contributed by atoms with Crippen molar-refractivity contribution < 1.29 is 9.32 Å². The topological polar surface area (TPSA) is 83.8 Å². The number of benzene rings is 1. The minimum Gasteiger partial charge on any atom is -0.338 e. The lowest BCUT2D eigenvalue weighted by atomic mass is 10.2. The van der Waals surface area contributed by atoms with Crippen LogP contribution in [0.25, 0.3) is 11.3 Å². The molecule has 1 aromatic carbocycles. The Bertz CT molecular complexity index is 797. The highest BCUT2D eigenvalue weighted by Crippen LogP contribution is 2.25. The molecule has 0 saturated carbocycles. The number of rotatable bonds is 5. The molecule has 0 bridgehead atoms. The monoisotopic (exact) mass is 328 g/mol. The third-order valence-corrected chi connectivity index (χ3v) is 4.17. The lowest BCUT2D eigenvalue weighted by Crippen LogP contribution is -2.22. The summed E-state index contributed by atoms with van der Waals surface area (Å²) in [5.41, 5.74) is 2.70. The summed E-state index contributed by atoms with van der Waals surface area (Å²) >= 11 is 1.35. The number of imidazole rings is 1. The summed E-state index contributed by atoms with van der Waals surface area (Å²) in [5, 5.41) is 6.80. The molecule has 6 nitrogen and oxygen atoms in total. The van der Waals surface area contributed by atoms with E-state index in [4.69, 9.17) is 4.52 Å². The van der Waals surface area contributed by atoms with E-state index >= 15 is 0 Å². The fourth-order valence-electron chi connectivity index (χ4n) is 1.99. The van der Waals surface area contributed by atoms with Gasteiger partial charge in [0.15, 0.2) is 5.16 Å². The third-order valence-electron chi connectivity index (χ3n) is 3.17. The molecule has 0 fully saturated rings. The number of H-pyrrole nitrogens is 1. The third kappa shape index (κ3) is 3.81. The van der Waals surface area contributed by atoms with Crippen LogP contribution < -0.4 is 5.32 Å². The average molecular weight is 328 g/mol. The largest absolute Gasteiger partial charge is 0.338 e. The molecule has 2 heterocycles. The molecule has 0 aliphatic rings. The van der Waals surface area contributed by atoms with Gasteiger partial charge in [-0.1, -0.05) is 47.3 Å². The molecule has 118 valence electrons. The summed E-state index contributed by atoms with van der Waals surface area (Å²) < 4.78 is 4.98. The Morgan fingerprint density at radius 3 is 2.83 bits per heavy atom. The van der Waals surface area contributed by atoms with Gasteiger partial charge in [-0.15, -0.1) is 0 Å². The van der Waals surface area contributed by atoms with Gasteiger partial charge in [-0.3, -0.25) is 10.1 Å². The van der Waals surface area contributed by atoms with Gasteiger partial charge in [0, 0.05) is 6.07 Å². The van der Waals surface area contributed by atoms with Crippen molar-refractivity contribution in [1.29, 1.82) is 0 Å². The van der Waals surface area contributed by atoms with Gasteiger partial charge < -0.3 is 9.51 Å². The van der Waals surface area contributed by atoms with Crippen LogP contribution >= 0.6 is 11.8 Å². The Labute approximate surface area is 137 Å². The van der Waals surface area contributed by atoms with Crippen molar-refractivity contribution in [3.8, 4) is 11.3 Å². The zero-order valence-electron chi connectivity index (χ0n) is 12.7. The first-order valence-corrected chi connectivity index (χ1v) is 8.01. The molecule has 0 saturated heterocycles. The fourth-order valence-corrected chi connectivity index (χ4v) is 2.78. The van der Waals surface area contributed by atoms with Crippen molar-refractivity contribution in [2.45, 2.75) is 24.3 Å². The summed E-state index contributed by atoms with van der Waals surface area (Å²) in [6.45, 7) is 3.61. The van der Waals surface area contributed by atoms with Gasteiger partial charge in [0.1, 0.15) is 0 Å². The number of thioether (sulfide) groups is 1. The SMILES string of the molecule is Cc1cc(NC(=O)C(C)Sc2ncc(-c3ccccc3)[nH]2)on1. The first-order chi connectivity index (χ1) is 11.1. The van der Waals surface area contributed by atoms with Crippen molar-refractivity contribution in [2.75, 3.05) is 5.32 Å². The number of aromatic amines is 1.